The van der Waals surface area contributed by atoms with E-state index in [-0.39, 0.29) is 24.0 Å². The molecular formula is C27H31N3O2. The number of urea groups is 1. The van der Waals surface area contributed by atoms with E-state index < -0.39 is 0 Å². The Hall–Kier alpha value is -3.34. The molecule has 5 nitrogen and oxygen atoms in total. The van der Waals surface area contributed by atoms with Gasteiger partial charge < -0.3 is 10.2 Å². The van der Waals surface area contributed by atoms with E-state index >= 15 is 0 Å². The molecule has 5 heteroatoms. The molecule has 0 saturated carbocycles. The van der Waals surface area contributed by atoms with Gasteiger partial charge in [0.15, 0.2) is 0 Å². The first-order valence-corrected chi connectivity index (χ1v) is 11.2. The van der Waals surface area contributed by atoms with E-state index in [9.17, 15) is 9.59 Å². The van der Waals surface area contributed by atoms with Crippen molar-refractivity contribution in [1.29, 1.82) is 0 Å². The van der Waals surface area contributed by atoms with Crippen LogP contribution in [0.5, 0.6) is 0 Å². The number of benzene rings is 2. The van der Waals surface area contributed by atoms with Crippen molar-refractivity contribution in [3.8, 4) is 0 Å². The van der Waals surface area contributed by atoms with Gasteiger partial charge in [-0.15, -0.1) is 0 Å². The van der Waals surface area contributed by atoms with Crippen LogP contribution in [0.4, 0.5) is 10.5 Å². The average Bonchev–Trinajstić information content (AvgIpc) is 3.00. The zero-order valence-electron chi connectivity index (χ0n) is 19.5. The van der Waals surface area contributed by atoms with Crippen LogP contribution in [0.25, 0.3) is 11.6 Å². The number of allylic oxidation sites excluding steroid dienone is 1. The van der Waals surface area contributed by atoms with Crippen LogP contribution in [0.2, 0.25) is 0 Å². The second kappa shape index (κ2) is 8.30. The third-order valence-corrected chi connectivity index (χ3v) is 6.18. The summed E-state index contributed by atoms with van der Waals surface area (Å²) in [5, 5.41) is 2.74. The molecule has 0 aliphatic carbocycles. The van der Waals surface area contributed by atoms with Gasteiger partial charge in [0.1, 0.15) is 5.70 Å². The Balaban J connectivity index is 1.61. The summed E-state index contributed by atoms with van der Waals surface area (Å²) < 4.78 is 0. The first-order chi connectivity index (χ1) is 15.2. The van der Waals surface area contributed by atoms with Gasteiger partial charge in [-0.25, -0.2) is 4.79 Å². The van der Waals surface area contributed by atoms with Gasteiger partial charge in [0.05, 0.1) is 12.1 Å². The lowest BCUT2D eigenvalue weighted by molar-refractivity contribution is -0.123. The molecule has 4 rings (SSSR count). The van der Waals surface area contributed by atoms with Crippen molar-refractivity contribution in [1.82, 2.24) is 10.2 Å². The Kier molecular flexibility index (Phi) is 5.68. The monoisotopic (exact) mass is 429 g/mol. The molecule has 32 heavy (non-hydrogen) atoms. The van der Waals surface area contributed by atoms with E-state index in [4.69, 9.17) is 0 Å². The van der Waals surface area contributed by atoms with Crippen molar-refractivity contribution < 1.29 is 9.59 Å². The molecule has 0 radical (unpaired) electrons. The minimum absolute atomic E-state index is 0.0427. The highest BCUT2D eigenvalue weighted by Crippen LogP contribution is 2.39. The quantitative estimate of drug-likeness (QED) is 0.504. The lowest BCUT2D eigenvalue weighted by Gasteiger charge is -2.43. The van der Waals surface area contributed by atoms with Gasteiger partial charge >= 0.3 is 6.03 Å². The molecule has 2 aliphatic heterocycles. The van der Waals surface area contributed by atoms with Crippen molar-refractivity contribution in [2.45, 2.75) is 53.1 Å². The highest BCUT2D eigenvalue weighted by atomic mass is 16.2. The maximum Gasteiger partial charge on any atom is 0.329 e. The molecule has 2 aromatic carbocycles. The number of imide groups is 1. The fraction of sp³-hybridized carbons (Fsp3) is 0.333. The molecule has 1 saturated heterocycles. The normalized spacial score (nSPS) is 18.7. The summed E-state index contributed by atoms with van der Waals surface area (Å²) >= 11 is 0. The second-order valence-electron chi connectivity index (χ2n) is 9.27. The van der Waals surface area contributed by atoms with Gasteiger partial charge in [0, 0.05) is 17.8 Å². The highest BCUT2D eigenvalue weighted by molar-refractivity contribution is 6.14. The number of rotatable bonds is 5. The van der Waals surface area contributed by atoms with Crippen LogP contribution in [-0.4, -0.2) is 28.9 Å². The van der Waals surface area contributed by atoms with Crippen molar-refractivity contribution in [3.05, 3.63) is 76.5 Å². The molecule has 1 N–H and O–H groups in total. The standard InChI is InChI=1S/C27H31N3O2/c1-6-13-30-24-12-11-21(14-22(24)19(3)16-27(30,4)5)15-23-25(31)29(26(32)28-23)17-20-9-7-18(2)8-10-20/h7-12,14-16H,6,13,17H2,1-5H3,(H,28,32)/b23-15+. The molecule has 2 aromatic rings. The number of aryl methyl sites for hydroxylation is 1. The van der Waals surface area contributed by atoms with Crippen LogP contribution in [-0.2, 0) is 11.3 Å². The van der Waals surface area contributed by atoms with Gasteiger partial charge in [-0.1, -0.05) is 48.9 Å². The zero-order chi connectivity index (χ0) is 23.0. The third-order valence-electron chi connectivity index (χ3n) is 6.18. The zero-order valence-corrected chi connectivity index (χ0v) is 19.5. The number of anilines is 1. The van der Waals surface area contributed by atoms with Crippen molar-refractivity contribution in [2.75, 3.05) is 11.4 Å². The molecule has 0 spiro atoms. The van der Waals surface area contributed by atoms with Crippen LogP contribution in [0, 0.1) is 6.92 Å². The largest absolute Gasteiger partial charge is 0.362 e. The molecule has 0 atom stereocenters. The number of fused-ring (bicyclic) bond motifs is 1. The molecule has 3 amide bonds. The van der Waals surface area contributed by atoms with E-state index in [0.29, 0.717) is 5.70 Å². The third kappa shape index (κ3) is 4.07. The number of nitrogens with one attached hydrogen (secondary N) is 1. The topological polar surface area (TPSA) is 52.7 Å². The number of hydrogen-bond acceptors (Lipinski definition) is 3. The van der Waals surface area contributed by atoms with E-state index in [1.54, 1.807) is 6.08 Å². The summed E-state index contributed by atoms with van der Waals surface area (Å²) in [7, 11) is 0. The number of carbonyl (C=O) groups is 2. The summed E-state index contributed by atoms with van der Waals surface area (Å²) in [6, 6.07) is 13.7. The van der Waals surface area contributed by atoms with Crippen molar-refractivity contribution >= 4 is 29.3 Å². The van der Waals surface area contributed by atoms with Crippen LogP contribution in [0.1, 0.15) is 56.4 Å². The fourth-order valence-electron chi connectivity index (χ4n) is 4.58. The lowest BCUT2D eigenvalue weighted by atomic mass is 9.87. The van der Waals surface area contributed by atoms with Crippen LogP contribution < -0.4 is 10.2 Å². The van der Waals surface area contributed by atoms with E-state index in [0.717, 1.165) is 29.7 Å². The summed E-state index contributed by atoms with van der Waals surface area (Å²) in [6.07, 6.45) is 5.14. The van der Waals surface area contributed by atoms with E-state index in [1.165, 1.54) is 21.7 Å². The Bertz CT molecular complexity index is 1130. The summed E-state index contributed by atoms with van der Waals surface area (Å²) in [5.41, 5.74) is 6.83. The summed E-state index contributed by atoms with van der Waals surface area (Å²) in [5.74, 6) is -0.297. The van der Waals surface area contributed by atoms with Gasteiger partial charge in [-0.2, -0.15) is 0 Å². The maximum atomic E-state index is 12.9. The van der Waals surface area contributed by atoms with E-state index in [1.807, 2.05) is 37.3 Å². The highest BCUT2D eigenvalue weighted by Gasteiger charge is 2.34. The number of nitrogens with zero attached hydrogens (tertiary/aromatic N) is 2. The average molecular weight is 430 g/mol. The number of hydrogen-bond donors (Lipinski definition) is 1. The molecule has 2 heterocycles. The van der Waals surface area contributed by atoms with Gasteiger partial charge in [0.2, 0.25) is 0 Å². The van der Waals surface area contributed by atoms with Crippen molar-refractivity contribution in [3.63, 3.8) is 0 Å². The van der Waals surface area contributed by atoms with E-state index in [2.05, 4.69) is 56.1 Å². The molecule has 0 unspecified atom stereocenters. The maximum absolute atomic E-state index is 12.9. The Morgan fingerprint density at radius 2 is 1.75 bits per heavy atom. The molecule has 0 bridgehead atoms. The predicted octanol–water partition coefficient (Wildman–Crippen LogP) is 5.50. The fourth-order valence-corrected chi connectivity index (χ4v) is 4.58. The Morgan fingerprint density at radius 3 is 2.44 bits per heavy atom. The van der Waals surface area contributed by atoms with Crippen LogP contribution in [0.15, 0.2) is 54.2 Å². The molecule has 0 aromatic heterocycles. The SMILES string of the molecule is CCCN1c2ccc(/C=C3/NC(=O)N(Cc4ccc(C)cc4)C3=O)cc2C(C)=CC1(C)C. The summed E-state index contributed by atoms with van der Waals surface area (Å²) in [6.45, 7) is 12.0. The van der Waals surface area contributed by atoms with Gasteiger partial charge in [0.25, 0.3) is 5.91 Å². The number of amides is 3. The first kappa shape index (κ1) is 21.9. The van der Waals surface area contributed by atoms with Gasteiger partial charge in [-0.3, -0.25) is 9.69 Å². The second-order valence-corrected chi connectivity index (χ2v) is 9.27. The predicted molar refractivity (Wildman–Crippen MR) is 130 cm³/mol. The summed E-state index contributed by atoms with van der Waals surface area (Å²) in [4.78, 5) is 29.1. The minimum atomic E-state index is -0.383. The van der Waals surface area contributed by atoms with Crippen LogP contribution >= 0.6 is 0 Å². The molecule has 166 valence electrons. The Labute approximate surface area is 190 Å². The Morgan fingerprint density at radius 1 is 1.03 bits per heavy atom. The van der Waals surface area contributed by atoms with Crippen molar-refractivity contribution in [2.24, 2.45) is 0 Å². The lowest BCUT2D eigenvalue weighted by Crippen LogP contribution is -2.45. The smallest absolute Gasteiger partial charge is 0.329 e. The minimum Gasteiger partial charge on any atom is -0.362 e. The van der Waals surface area contributed by atoms with Gasteiger partial charge in [-0.05, 0) is 69.0 Å². The molecule has 1 fully saturated rings. The first-order valence-electron chi connectivity index (χ1n) is 11.2. The molecular weight excluding hydrogens is 398 g/mol. The molecule has 2 aliphatic rings. The van der Waals surface area contributed by atoms with Crippen LogP contribution in [0.3, 0.4) is 0 Å². The number of carbonyl (C=O) groups excluding carboxylic acids is 2.